The predicted molar refractivity (Wildman–Crippen MR) is 91.7 cm³/mol. The van der Waals surface area contributed by atoms with Gasteiger partial charge >= 0.3 is 0 Å². The second-order valence-electron chi connectivity index (χ2n) is 4.88. The van der Waals surface area contributed by atoms with E-state index in [9.17, 15) is 14.0 Å². The lowest BCUT2D eigenvalue weighted by Gasteiger charge is -2.29. The minimum absolute atomic E-state index is 0.0105. The van der Waals surface area contributed by atoms with Gasteiger partial charge in [0, 0.05) is 4.88 Å². The molecule has 2 aromatic rings. The second-order valence-corrected chi connectivity index (χ2v) is 6.21. The molecule has 0 saturated carbocycles. The van der Waals surface area contributed by atoms with Crippen molar-refractivity contribution in [1.82, 2.24) is 5.32 Å². The van der Waals surface area contributed by atoms with Gasteiger partial charge in [-0.15, -0.1) is 11.3 Å². The summed E-state index contributed by atoms with van der Waals surface area (Å²) in [6, 6.07) is 7.67. The Morgan fingerprint density at radius 3 is 2.65 bits per heavy atom. The number of thiophene rings is 1. The highest BCUT2D eigenvalue weighted by Crippen LogP contribution is 2.26. The first-order valence-electron chi connectivity index (χ1n) is 6.69. The van der Waals surface area contributed by atoms with Crippen molar-refractivity contribution in [3.05, 3.63) is 57.5 Å². The molecule has 1 aliphatic heterocycles. The smallest absolute Gasteiger partial charge is 0.270 e. The Morgan fingerprint density at radius 2 is 2.00 bits per heavy atom. The summed E-state index contributed by atoms with van der Waals surface area (Å²) in [7, 11) is 0. The number of aryl methyl sites for hydroxylation is 1. The van der Waals surface area contributed by atoms with E-state index in [0.29, 0.717) is 0 Å². The molecule has 2 amide bonds. The molecule has 0 radical (unpaired) electrons. The number of rotatable bonds is 2. The third kappa shape index (κ3) is 2.80. The molecule has 0 aliphatic carbocycles. The standard InChI is InChI=1S/C16H11FN2O2S2/c1-9-6-7-23-13(9)8-10-14(20)18-16(22)19(15(10)21)12-5-3-2-4-11(12)17/h2-8H,1H3,(H,18,20,22). The van der Waals surface area contributed by atoms with Gasteiger partial charge in [0.15, 0.2) is 5.11 Å². The number of anilines is 1. The van der Waals surface area contributed by atoms with Crippen molar-refractivity contribution < 1.29 is 14.0 Å². The van der Waals surface area contributed by atoms with Crippen molar-refractivity contribution in [2.75, 3.05) is 4.90 Å². The van der Waals surface area contributed by atoms with Gasteiger partial charge in [0.2, 0.25) is 0 Å². The minimum atomic E-state index is -0.642. The summed E-state index contributed by atoms with van der Waals surface area (Å²) in [4.78, 5) is 26.6. The number of carbonyl (C=O) groups is 2. The highest BCUT2D eigenvalue weighted by molar-refractivity contribution is 7.80. The molecule has 116 valence electrons. The van der Waals surface area contributed by atoms with Gasteiger partial charge in [0.25, 0.3) is 11.8 Å². The average molecular weight is 346 g/mol. The predicted octanol–water partition coefficient (Wildman–Crippen LogP) is 3.03. The maximum absolute atomic E-state index is 14.0. The van der Waals surface area contributed by atoms with Crippen LogP contribution in [0.5, 0.6) is 0 Å². The van der Waals surface area contributed by atoms with Gasteiger partial charge in [-0.3, -0.25) is 14.9 Å². The maximum Gasteiger partial charge on any atom is 0.270 e. The third-order valence-corrected chi connectivity index (χ3v) is 4.62. The van der Waals surface area contributed by atoms with E-state index in [1.165, 1.54) is 35.6 Å². The van der Waals surface area contributed by atoms with Crippen LogP contribution in [0.15, 0.2) is 41.3 Å². The van der Waals surface area contributed by atoms with Crippen LogP contribution < -0.4 is 10.2 Å². The Balaban J connectivity index is 2.07. The van der Waals surface area contributed by atoms with Crippen molar-refractivity contribution in [2.45, 2.75) is 6.92 Å². The van der Waals surface area contributed by atoms with Crippen LogP contribution in [0.1, 0.15) is 10.4 Å². The van der Waals surface area contributed by atoms with Crippen LogP contribution in [0, 0.1) is 12.7 Å². The van der Waals surface area contributed by atoms with Gasteiger partial charge < -0.3 is 0 Å². The van der Waals surface area contributed by atoms with Crippen molar-refractivity contribution >= 4 is 52.2 Å². The molecule has 7 heteroatoms. The van der Waals surface area contributed by atoms with Crippen molar-refractivity contribution in [3.8, 4) is 0 Å². The fourth-order valence-electron chi connectivity index (χ4n) is 2.17. The van der Waals surface area contributed by atoms with E-state index >= 15 is 0 Å². The Kier molecular flexibility index (Phi) is 4.06. The highest BCUT2D eigenvalue weighted by atomic mass is 32.1. The van der Waals surface area contributed by atoms with Crippen molar-refractivity contribution in [3.63, 3.8) is 0 Å². The van der Waals surface area contributed by atoms with Crippen LogP contribution in [-0.2, 0) is 9.59 Å². The van der Waals surface area contributed by atoms with Gasteiger partial charge in [0.05, 0.1) is 5.69 Å². The summed E-state index contributed by atoms with van der Waals surface area (Å²) in [6.07, 6.45) is 1.51. The fraction of sp³-hybridized carbons (Fsp3) is 0.0625. The molecule has 2 heterocycles. The second kappa shape index (κ2) is 6.02. The summed E-state index contributed by atoms with van der Waals surface area (Å²) >= 11 is 6.45. The maximum atomic E-state index is 14.0. The van der Waals surface area contributed by atoms with Gasteiger partial charge in [-0.05, 0) is 54.4 Å². The van der Waals surface area contributed by atoms with Gasteiger partial charge in [-0.25, -0.2) is 9.29 Å². The molecule has 1 aromatic heterocycles. The van der Waals surface area contributed by atoms with Gasteiger partial charge in [0.1, 0.15) is 11.4 Å². The molecule has 1 saturated heterocycles. The molecule has 1 aromatic carbocycles. The first-order chi connectivity index (χ1) is 11.0. The lowest BCUT2D eigenvalue weighted by Crippen LogP contribution is -2.54. The first-order valence-corrected chi connectivity index (χ1v) is 7.98. The molecule has 1 N–H and O–H groups in total. The molecule has 1 fully saturated rings. The van der Waals surface area contributed by atoms with Crippen LogP contribution >= 0.6 is 23.6 Å². The van der Waals surface area contributed by atoms with E-state index in [2.05, 4.69) is 5.32 Å². The number of hydrogen-bond acceptors (Lipinski definition) is 4. The molecular formula is C16H11FN2O2S2. The van der Waals surface area contributed by atoms with Crippen molar-refractivity contribution in [1.29, 1.82) is 0 Å². The zero-order valence-corrected chi connectivity index (χ0v) is 13.6. The zero-order valence-electron chi connectivity index (χ0n) is 12.0. The van der Waals surface area contributed by atoms with Gasteiger partial charge in [-0.1, -0.05) is 12.1 Å². The number of carbonyl (C=O) groups excluding carboxylic acids is 2. The summed E-state index contributed by atoms with van der Waals surface area (Å²) in [5.41, 5.74) is 0.886. The molecule has 0 atom stereocenters. The quantitative estimate of drug-likeness (QED) is 0.517. The Hall–Kier alpha value is -2.38. The van der Waals surface area contributed by atoms with Crippen LogP contribution in [0.3, 0.4) is 0 Å². The molecule has 0 spiro atoms. The molecule has 3 rings (SSSR count). The summed E-state index contributed by atoms with van der Waals surface area (Å²) in [5.74, 6) is -1.82. The number of hydrogen-bond donors (Lipinski definition) is 1. The molecule has 0 unspecified atom stereocenters. The minimum Gasteiger partial charge on any atom is -0.298 e. The van der Waals surface area contributed by atoms with E-state index in [1.54, 1.807) is 6.07 Å². The van der Waals surface area contributed by atoms with Crippen LogP contribution in [0.25, 0.3) is 6.08 Å². The van der Waals surface area contributed by atoms with Crippen LogP contribution in [0.4, 0.5) is 10.1 Å². The van der Waals surface area contributed by atoms with Crippen LogP contribution in [0.2, 0.25) is 0 Å². The zero-order chi connectivity index (χ0) is 16.6. The number of nitrogens with zero attached hydrogens (tertiary/aromatic N) is 1. The van der Waals surface area contributed by atoms with Crippen LogP contribution in [-0.4, -0.2) is 16.9 Å². The molecular weight excluding hydrogens is 335 g/mol. The highest BCUT2D eigenvalue weighted by Gasteiger charge is 2.35. The normalized spacial score (nSPS) is 16.9. The SMILES string of the molecule is Cc1ccsc1C=C1C(=O)NC(=S)N(c2ccccc2F)C1=O. The van der Waals surface area contributed by atoms with E-state index in [0.717, 1.165) is 15.3 Å². The topological polar surface area (TPSA) is 49.4 Å². The van der Waals surface area contributed by atoms with E-state index in [1.807, 2.05) is 18.4 Å². The molecule has 0 bridgehead atoms. The number of thiocarbonyl (C=S) groups is 1. The summed E-state index contributed by atoms with van der Waals surface area (Å²) in [5, 5.41) is 4.17. The molecule has 1 aliphatic rings. The fourth-order valence-corrected chi connectivity index (χ4v) is 3.31. The monoisotopic (exact) mass is 346 g/mol. The Labute approximate surface area is 141 Å². The Morgan fingerprint density at radius 1 is 1.26 bits per heavy atom. The lowest BCUT2D eigenvalue weighted by molar-refractivity contribution is -0.122. The summed E-state index contributed by atoms with van der Waals surface area (Å²) < 4.78 is 14.0. The third-order valence-electron chi connectivity index (χ3n) is 3.37. The molecule has 23 heavy (non-hydrogen) atoms. The van der Waals surface area contributed by atoms with Crippen molar-refractivity contribution in [2.24, 2.45) is 0 Å². The number of halogens is 1. The number of nitrogens with one attached hydrogen (secondary N) is 1. The first kappa shape index (κ1) is 15.5. The summed E-state index contributed by atoms with van der Waals surface area (Å²) in [6.45, 7) is 1.88. The van der Waals surface area contributed by atoms with E-state index in [4.69, 9.17) is 12.2 Å². The average Bonchev–Trinajstić information content (AvgIpc) is 2.90. The number of benzene rings is 1. The largest absolute Gasteiger partial charge is 0.298 e. The molecule has 4 nitrogen and oxygen atoms in total. The lowest BCUT2D eigenvalue weighted by atomic mass is 10.1. The van der Waals surface area contributed by atoms with Gasteiger partial charge in [-0.2, -0.15) is 0 Å². The Bertz CT molecular complexity index is 857. The van der Waals surface area contributed by atoms with E-state index < -0.39 is 17.6 Å². The number of amides is 2. The van der Waals surface area contributed by atoms with E-state index in [-0.39, 0.29) is 16.4 Å². The number of para-hydroxylation sites is 1.